The molecular formula is C47H51N9O7. The molecule has 16 nitrogen and oxygen atoms in total. The molecule has 2 aromatic heterocycles. The number of fused-ring (bicyclic) bond motifs is 3. The number of nitrogen functional groups attached to an aromatic ring is 1. The Bertz CT molecular complexity index is 2560. The molecule has 0 bridgehead atoms. The summed E-state index contributed by atoms with van der Waals surface area (Å²) in [6, 6.07) is 20.8. The number of piperidine rings is 3. The number of amides is 4. The third kappa shape index (κ3) is 8.20. The van der Waals surface area contributed by atoms with Gasteiger partial charge in [-0.25, -0.2) is 14.6 Å². The minimum absolute atomic E-state index is 0.0806. The molecule has 3 saturated heterocycles. The lowest BCUT2D eigenvalue weighted by Gasteiger charge is -2.44. The Morgan fingerprint density at radius 1 is 0.905 bits per heavy atom. The maximum Gasteiger partial charge on any atom is 0.255 e. The molecule has 1 spiro atoms. The molecular weight excluding hydrogens is 803 g/mol. The Balaban J connectivity index is 0.689. The lowest BCUT2D eigenvalue weighted by molar-refractivity contribution is -0.137. The number of nitrogens with two attached hydrogens (primary N) is 1. The van der Waals surface area contributed by atoms with Gasteiger partial charge in [0.25, 0.3) is 5.91 Å². The molecule has 5 aliphatic rings. The number of hydrogen-bond acceptors (Lipinski definition) is 12. The van der Waals surface area contributed by atoms with Crippen LogP contribution < -0.4 is 20.5 Å². The van der Waals surface area contributed by atoms with E-state index in [4.69, 9.17) is 25.0 Å². The van der Waals surface area contributed by atoms with Gasteiger partial charge in [0, 0.05) is 63.1 Å². The quantitative estimate of drug-likeness (QED) is 0.133. The van der Waals surface area contributed by atoms with Crippen LogP contribution in [-0.4, -0.2) is 116 Å². The molecule has 10 rings (SSSR count). The number of likely N-dealkylation sites (tertiary alicyclic amines) is 2. The molecule has 3 N–H and O–H groups in total. The summed E-state index contributed by atoms with van der Waals surface area (Å²) in [6.07, 6.45) is 7.40. The molecule has 0 aliphatic carbocycles. The van der Waals surface area contributed by atoms with E-state index in [9.17, 15) is 19.2 Å². The van der Waals surface area contributed by atoms with E-state index in [-0.39, 0.29) is 35.8 Å². The van der Waals surface area contributed by atoms with E-state index in [2.05, 4.69) is 20.2 Å². The first-order valence-corrected chi connectivity index (χ1v) is 22.1. The lowest BCUT2D eigenvalue weighted by Crippen LogP contribution is -2.52. The number of imide groups is 1. The molecule has 0 saturated carbocycles. The molecule has 0 radical (unpaired) electrons. The number of nitrogens with one attached hydrogen (secondary N) is 1. The van der Waals surface area contributed by atoms with Gasteiger partial charge in [0.2, 0.25) is 17.7 Å². The van der Waals surface area contributed by atoms with E-state index < -0.39 is 11.9 Å². The Hall–Kier alpha value is -6.39. The molecule has 16 heteroatoms. The fourth-order valence-corrected chi connectivity index (χ4v) is 9.90. The van der Waals surface area contributed by atoms with Crippen LogP contribution in [0.3, 0.4) is 0 Å². The number of benzene rings is 3. The van der Waals surface area contributed by atoms with Gasteiger partial charge in [-0.1, -0.05) is 18.2 Å². The van der Waals surface area contributed by atoms with Gasteiger partial charge in [-0.05, 0) is 98.3 Å². The first-order valence-electron chi connectivity index (χ1n) is 22.1. The molecule has 326 valence electrons. The predicted octanol–water partition coefficient (Wildman–Crippen LogP) is 5.06. The number of para-hydroxylation sites is 1. The van der Waals surface area contributed by atoms with Crippen LogP contribution >= 0.6 is 0 Å². The largest absolute Gasteiger partial charge is 0.487 e. The summed E-state index contributed by atoms with van der Waals surface area (Å²) < 4.78 is 20.7. The Morgan fingerprint density at radius 3 is 2.52 bits per heavy atom. The number of ether oxygens (including phenoxy) is 3. The number of anilines is 1. The van der Waals surface area contributed by atoms with E-state index in [0.29, 0.717) is 81.3 Å². The number of hydrogen-bond donors (Lipinski definition) is 2. The van der Waals surface area contributed by atoms with Crippen LogP contribution in [0.25, 0.3) is 22.3 Å². The van der Waals surface area contributed by atoms with Crippen LogP contribution in [-0.2, 0) is 32.1 Å². The zero-order chi connectivity index (χ0) is 43.1. The number of carbonyl (C=O) groups excluding carboxylic acids is 4. The first-order chi connectivity index (χ1) is 30.7. The first kappa shape index (κ1) is 40.7. The summed E-state index contributed by atoms with van der Waals surface area (Å²) in [5.41, 5.74) is 10.9. The highest BCUT2D eigenvalue weighted by molar-refractivity contribution is 6.05. The second-order valence-electron chi connectivity index (χ2n) is 17.3. The monoisotopic (exact) mass is 853 g/mol. The number of aromatic nitrogens is 4. The van der Waals surface area contributed by atoms with Crippen LogP contribution in [0, 0.1) is 0 Å². The SMILES string of the molecule is Nc1ncnc2c1c(-c1ccc(Oc3ccccc3)cc1)nn2[C@@H]1CCCN(CCOCCC(=O)N2CCC3(CCc4cc5c(cc4O3)C(=O)N(C3CCC(=O)NC3=O)C5)CC2)C1. The molecule has 5 aliphatic heterocycles. The van der Waals surface area contributed by atoms with Crippen molar-refractivity contribution in [3.63, 3.8) is 0 Å². The molecule has 5 aromatic rings. The Morgan fingerprint density at radius 2 is 1.71 bits per heavy atom. The van der Waals surface area contributed by atoms with Crippen LogP contribution in [0.4, 0.5) is 5.82 Å². The lowest BCUT2D eigenvalue weighted by atomic mass is 9.82. The summed E-state index contributed by atoms with van der Waals surface area (Å²) in [5, 5.41) is 8.20. The molecule has 3 fully saturated rings. The highest BCUT2D eigenvalue weighted by Crippen LogP contribution is 2.43. The van der Waals surface area contributed by atoms with Crippen molar-refractivity contribution in [3.05, 3.63) is 89.7 Å². The molecule has 7 heterocycles. The third-order valence-electron chi connectivity index (χ3n) is 13.4. The molecule has 63 heavy (non-hydrogen) atoms. The van der Waals surface area contributed by atoms with Crippen LogP contribution in [0.2, 0.25) is 0 Å². The average Bonchev–Trinajstić information content (AvgIpc) is 3.84. The van der Waals surface area contributed by atoms with E-state index in [1.54, 1.807) is 4.90 Å². The van der Waals surface area contributed by atoms with Gasteiger partial charge in [-0.15, -0.1) is 0 Å². The minimum Gasteiger partial charge on any atom is -0.487 e. The molecule has 3 aromatic carbocycles. The van der Waals surface area contributed by atoms with Gasteiger partial charge in [0.05, 0.1) is 31.1 Å². The number of nitrogens with zero attached hydrogens (tertiary/aromatic N) is 7. The van der Waals surface area contributed by atoms with Gasteiger partial charge in [-0.2, -0.15) is 5.10 Å². The van der Waals surface area contributed by atoms with Crippen molar-refractivity contribution in [3.8, 4) is 28.5 Å². The van der Waals surface area contributed by atoms with Crippen molar-refractivity contribution in [2.24, 2.45) is 0 Å². The third-order valence-corrected chi connectivity index (χ3v) is 13.4. The molecule has 4 amide bonds. The van der Waals surface area contributed by atoms with Crippen molar-refractivity contribution in [1.29, 1.82) is 0 Å². The predicted molar refractivity (Wildman–Crippen MR) is 232 cm³/mol. The van der Waals surface area contributed by atoms with Crippen LogP contribution in [0.15, 0.2) is 73.1 Å². The van der Waals surface area contributed by atoms with E-state index in [1.165, 1.54) is 6.33 Å². The van der Waals surface area contributed by atoms with Gasteiger partial charge in [0.1, 0.15) is 46.7 Å². The normalized spacial score (nSPS) is 21.0. The van der Waals surface area contributed by atoms with Gasteiger partial charge >= 0.3 is 0 Å². The average molecular weight is 854 g/mol. The molecule has 2 atom stereocenters. The Kier molecular flexibility index (Phi) is 11.0. The summed E-state index contributed by atoms with van der Waals surface area (Å²) in [7, 11) is 0. The fraction of sp³-hybridized carbons (Fsp3) is 0.426. The summed E-state index contributed by atoms with van der Waals surface area (Å²) in [6.45, 7) is 4.90. The van der Waals surface area contributed by atoms with E-state index in [1.807, 2.05) is 76.3 Å². The zero-order valence-electron chi connectivity index (χ0n) is 35.2. The van der Waals surface area contributed by atoms with Crippen molar-refractivity contribution in [2.75, 3.05) is 51.7 Å². The van der Waals surface area contributed by atoms with Gasteiger partial charge < -0.3 is 29.7 Å². The van der Waals surface area contributed by atoms with Gasteiger partial charge in [-0.3, -0.25) is 29.4 Å². The number of rotatable bonds is 11. The van der Waals surface area contributed by atoms with Crippen molar-refractivity contribution < 1.29 is 33.4 Å². The summed E-state index contributed by atoms with van der Waals surface area (Å²) in [5.74, 6) is 1.75. The standard InChI is InChI=1S/C47H51N9O7/c48-43-41-42(30-8-10-35(11-9-30)62-34-6-2-1-3-7-34)52-56(44(41)50-29-49-43)33-5-4-19-53(28-33)22-24-61-23-15-40(58)54-20-17-47(18-21-54)16-14-31-25-32-27-55(37-12-13-39(57)51-45(37)59)46(60)36(32)26-38(31)63-47/h1-3,6-11,25-26,29,33,37H,4-5,12-24,27-28H2,(H2,48,49,50)(H,51,57,59)/t33-,37?/m1/s1. The van der Waals surface area contributed by atoms with E-state index in [0.717, 1.165) is 84.6 Å². The minimum atomic E-state index is -0.652. The fourth-order valence-electron chi connectivity index (χ4n) is 9.90. The number of aryl methyl sites for hydroxylation is 1. The maximum atomic E-state index is 13.4. The zero-order valence-corrected chi connectivity index (χ0v) is 35.2. The van der Waals surface area contributed by atoms with Crippen LogP contribution in [0.5, 0.6) is 17.2 Å². The summed E-state index contributed by atoms with van der Waals surface area (Å²) >= 11 is 0. The van der Waals surface area contributed by atoms with Crippen molar-refractivity contribution >= 4 is 40.5 Å². The van der Waals surface area contributed by atoms with Crippen molar-refractivity contribution in [1.82, 2.24) is 39.8 Å². The van der Waals surface area contributed by atoms with Crippen molar-refractivity contribution in [2.45, 2.75) is 82.0 Å². The Labute approximate surface area is 364 Å². The van der Waals surface area contributed by atoms with E-state index >= 15 is 0 Å². The second kappa shape index (κ2) is 17.1. The smallest absolute Gasteiger partial charge is 0.255 e. The summed E-state index contributed by atoms with van der Waals surface area (Å²) in [4.78, 5) is 65.8. The van der Waals surface area contributed by atoms with Crippen LogP contribution in [0.1, 0.15) is 78.9 Å². The highest BCUT2D eigenvalue weighted by atomic mass is 16.5. The topological polar surface area (TPSA) is 187 Å². The second-order valence-corrected chi connectivity index (χ2v) is 17.3. The van der Waals surface area contributed by atoms with Gasteiger partial charge in [0.15, 0.2) is 5.65 Å². The number of carbonyl (C=O) groups is 4. The highest BCUT2D eigenvalue weighted by Gasteiger charge is 2.43. The molecule has 1 unspecified atom stereocenters. The maximum absolute atomic E-state index is 13.4.